The van der Waals surface area contributed by atoms with E-state index in [1.54, 1.807) is 6.21 Å². The molecule has 2 nitrogen and oxygen atoms in total. The van der Waals surface area contributed by atoms with Crippen molar-refractivity contribution in [1.29, 1.82) is 0 Å². The standard InChI is InChI=1S/C14H11I2NO/c1-10-13(15)7-11(8-14(10)16)9-17-18-12-5-3-2-4-6-12/h2-9H,1H3/b17-9-. The molecule has 0 radical (unpaired) electrons. The van der Waals surface area contributed by atoms with Crippen molar-refractivity contribution in [2.24, 2.45) is 5.16 Å². The predicted molar refractivity (Wildman–Crippen MR) is 91.3 cm³/mol. The molecular weight excluding hydrogens is 452 g/mol. The van der Waals surface area contributed by atoms with E-state index in [1.807, 2.05) is 30.3 Å². The van der Waals surface area contributed by atoms with Crippen molar-refractivity contribution < 1.29 is 4.84 Å². The molecule has 0 heterocycles. The van der Waals surface area contributed by atoms with E-state index in [1.165, 1.54) is 12.7 Å². The maximum Gasteiger partial charge on any atom is 0.157 e. The summed E-state index contributed by atoms with van der Waals surface area (Å²) in [5.41, 5.74) is 2.35. The van der Waals surface area contributed by atoms with Crippen molar-refractivity contribution in [1.82, 2.24) is 0 Å². The van der Waals surface area contributed by atoms with E-state index in [4.69, 9.17) is 4.84 Å². The van der Waals surface area contributed by atoms with Gasteiger partial charge in [-0.15, -0.1) is 0 Å². The fourth-order valence-electron chi connectivity index (χ4n) is 1.37. The number of hydrogen-bond acceptors (Lipinski definition) is 2. The minimum Gasteiger partial charge on any atom is -0.357 e. The Morgan fingerprint density at radius 1 is 1.06 bits per heavy atom. The molecule has 2 aromatic rings. The van der Waals surface area contributed by atoms with Gasteiger partial charge in [0.25, 0.3) is 0 Å². The summed E-state index contributed by atoms with van der Waals surface area (Å²) < 4.78 is 2.47. The molecule has 0 aliphatic rings. The Morgan fingerprint density at radius 2 is 1.67 bits per heavy atom. The van der Waals surface area contributed by atoms with Gasteiger partial charge in [0.15, 0.2) is 5.75 Å². The van der Waals surface area contributed by atoms with E-state index in [0.29, 0.717) is 0 Å². The smallest absolute Gasteiger partial charge is 0.157 e. The number of benzene rings is 2. The van der Waals surface area contributed by atoms with E-state index in [9.17, 15) is 0 Å². The Morgan fingerprint density at radius 3 is 2.28 bits per heavy atom. The zero-order valence-electron chi connectivity index (χ0n) is 9.73. The van der Waals surface area contributed by atoms with Crippen LogP contribution in [0.2, 0.25) is 0 Å². The summed E-state index contributed by atoms with van der Waals surface area (Å²) in [7, 11) is 0. The maximum absolute atomic E-state index is 5.28. The molecule has 92 valence electrons. The molecule has 0 aliphatic carbocycles. The lowest BCUT2D eigenvalue weighted by Gasteiger charge is -2.03. The monoisotopic (exact) mass is 463 g/mol. The predicted octanol–water partition coefficient (Wildman–Crippen LogP) is 4.62. The molecule has 0 bridgehead atoms. The van der Waals surface area contributed by atoms with E-state index < -0.39 is 0 Å². The van der Waals surface area contributed by atoms with Crippen LogP contribution >= 0.6 is 45.2 Å². The van der Waals surface area contributed by atoms with Crippen molar-refractivity contribution >= 4 is 51.4 Å². The van der Waals surface area contributed by atoms with Crippen LogP contribution in [-0.2, 0) is 0 Å². The molecule has 0 spiro atoms. The number of rotatable bonds is 3. The number of oxime groups is 1. The highest BCUT2D eigenvalue weighted by molar-refractivity contribution is 14.1. The van der Waals surface area contributed by atoms with Crippen LogP contribution < -0.4 is 4.84 Å². The van der Waals surface area contributed by atoms with Crippen molar-refractivity contribution in [3.8, 4) is 5.75 Å². The maximum atomic E-state index is 5.28. The Labute approximate surface area is 134 Å². The van der Waals surface area contributed by atoms with Gasteiger partial charge in [0, 0.05) is 7.14 Å². The summed E-state index contributed by atoms with van der Waals surface area (Å²) >= 11 is 4.66. The molecule has 4 heteroatoms. The van der Waals surface area contributed by atoms with E-state index >= 15 is 0 Å². The second-order valence-corrected chi connectivity index (χ2v) is 6.07. The SMILES string of the molecule is Cc1c(I)cc(/C=N\Oc2ccccc2)cc1I. The first-order valence-corrected chi connectivity index (χ1v) is 7.53. The van der Waals surface area contributed by atoms with Gasteiger partial charge in [0.05, 0.1) is 6.21 Å². The van der Waals surface area contributed by atoms with Crippen LogP contribution in [0.4, 0.5) is 0 Å². The van der Waals surface area contributed by atoms with Gasteiger partial charge in [-0.3, -0.25) is 0 Å². The summed E-state index contributed by atoms with van der Waals surface area (Å²) in [6.45, 7) is 2.12. The molecule has 0 saturated carbocycles. The highest BCUT2D eigenvalue weighted by atomic mass is 127. The summed E-state index contributed by atoms with van der Waals surface area (Å²) in [5, 5.41) is 3.99. The molecular formula is C14H11I2NO. The van der Waals surface area contributed by atoms with Gasteiger partial charge in [-0.25, -0.2) is 0 Å². The van der Waals surface area contributed by atoms with Crippen molar-refractivity contribution in [2.45, 2.75) is 6.92 Å². The molecule has 0 atom stereocenters. The Bertz CT molecular complexity index is 544. The molecule has 2 aromatic carbocycles. The van der Waals surface area contributed by atoms with Crippen LogP contribution in [0, 0.1) is 14.1 Å². The van der Waals surface area contributed by atoms with Crippen LogP contribution in [0.25, 0.3) is 0 Å². The average Bonchev–Trinajstić information content (AvgIpc) is 2.37. The molecule has 18 heavy (non-hydrogen) atoms. The van der Waals surface area contributed by atoms with E-state index in [-0.39, 0.29) is 0 Å². The average molecular weight is 463 g/mol. The minimum atomic E-state index is 0.741. The van der Waals surface area contributed by atoms with Crippen LogP contribution in [0.5, 0.6) is 5.75 Å². The molecule has 0 unspecified atom stereocenters. The van der Waals surface area contributed by atoms with Crippen LogP contribution in [-0.4, -0.2) is 6.21 Å². The summed E-state index contributed by atoms with van der Waals surface area (Å²) in [6.07, 6.45) is 1.73. The lowest BCUT2D eigenvalue weighted by Crippen LogP contribution is -1.92. The van der Waals surface area contributed by atoms with Gasteiger partial charge < -0.3 is 4.84 Å². The van der Waals surface area contributed by atoms with Gasteiger partial charge in [0.1, 0.15) is 0 Å². The third-order valence-electron chi connectivity index (χ3n) is 2.41. The molecule has 2 rings (SSSR count). The van der Waals surface area contributed by atoms with E-state index in [2.05, 4.69) is 69.4 Å². The van der Waals surface area contributed by atoms with Crippen molar-refractivity contribution in [3.63, 3.8) is 0 Å². The summed E-state index contributed by atoms with van der Waals surface area (Å²) in [5.74, 6) is 0.741. The summed E-state index contributed by atoms with van der Waals surface area (Å²) in [6, 6.07) is 13.7. The quantitative estimate of drug-likeness (QED) is 0.370. The largest absolute Gasteiger partial charge is 0.357 e. The lowest BCUT2D eigenvalue weighted by atomic mass is 10.2. The second kappa shape index (κ2) is 6.51. The van der Waals surface area contributed by atoms with Gasteiger partial charge in [-0.1, -0.05) is 23.4 Å². The number of hydrogen-bond donors (Lipinski definition) is 0. The van der Waals surface area contributed by atoms with Gasteiger partial charge >= 0.3 is 0 Å². The normalized spacial score (nSPS) is 10.8. The molecule has 0 fully saturated rings. The first-order chi connectivity index (χ1) is 8.66. The Balaban J connectivity index is 2.10. The number of para-hydroxylation sites is 1. The fourth-order valence-corrected chi connectivity index (χ4v) is 3.19. The fraction of sp³-hybridized carbons (Fsp3) is 0.0714. The second-order valence-electron chi connectivity index (χ2n) is 3.75. The van der Waals surface area contributed by atoms with Gasteiger partial charge in [-0.05, 0) is 87.5 Å². The van der Waals surface area contributed by atoms with Gasteiger partial charge in [-0.2, -0.15) is 0 Å². The molecule has 0 amide bonds. The van der Waals surface area contributed by atoms with Crippen LogP contribution in [0.15, 0.2) is 47.6 Å². The summed E-state index contributed by atoms with van der Waals surface area (Å²) in [4.78, 5) is 5.28. The zero-order chi connectivity index (χ0) is 13.0. The molecule has 0 saturated heterocycles. The Kier molecular flexibility index (Phi) is 4.99. The minimum absolute atomic E-state index is 0.741. The van der Waals surface area contributed by atoms with Gasteiger partial charge in [0.2, 0.25) is 0 Å². The van der Waals surface area contributed by atoms with Crippen LogP contribution in [0.1, 0.15) is 11.1 Å². The third kappa shape index (κ3) is 3.68. The number of halogens is 2. The highest BCUT2D eigenvalue weighted by Gasteiger charge is 2.01. The first-order valence-electron chi connectivity index (χ1n) is 5.38. The highest BCUT2D eigenvalue weighted by Crippen LogP contribution is 2.19. The first kappa shape index (κ1) is 13.8. The topological polar surface area (TPSA) is 21.6 Å². The van der Waals surface area contributed by atoms with E-state index in [0.717, 1.165) is 11.3 Å². The Hall–Kier alpha value is -0.630. The molecule has 0 N–H and O–H groups in total. The number of nitrogens with zero attached hydrogens (tertiary/aromatic N) is 1. The zero-order valence-corrected chi connectivity index (χ0v) is 14.0. The third-order valence-corrected chi connectivity index (χ3v) is 4.65. The van der Waals surface area contributed by atoms with Crippen LogP contribution in [0.3, 0.4) is 0 Å². The van der Waals surface area contributed by atoms with Crippen molar-refractivity contribution in [2.75, 3.05) is 0 Å². The van der Waals surface area contributed by atoms with Crippen molar-refractivity contribution in [3.05, 3.63) is 60.7 Å². The molecule has 0 aliphatic heterocycles. The molecule has 0 aromatic heterocycles. The lowest BCUT2D eigenvalue weighted by molar-refractivity contribution is 0.344.